The first-order chi connectivity index (χ1) is 12.1. The number of rotatable bonds is 5. The van der Waals surface area contributed by atoms with E-state index in [1.807, 2.05) is 19.9 Å². The fraction of sp³-hybridized carbons (Fsp3) is 0.550. The van der Waals surface area contributed by atoms with E-state index in [4.69, 9.17) is 9.47 Å². The van der Waals surface area contributed by atoms with Gasteiger partial charge in [-0.05, 0) is 45.1 Å². The van der Waals surface area contributed by atoms with E-state index in [-0.39, 0.29) is 17.1 Å². The van der Waals surface area contributed by atoms with Crippen molar-refractivity contribution in [3.63, 3.8) is 0 Å². The molecule has 0 amide bonds. The van der Waals surface area contributed by atoms with Crippen LogP contribution in [0.25, 0.3) is 0 Å². The highest BCUT2D eigenvalue weighted by molar-refractivity contribution is 5.92. The summed E-state index contributed by atoms with van der Waals surface area (Å²) < 4.78 is 10.6. The Bertz CT molecular complexity index is 710. The highest BCUT2D eigenvalue weighted by atomic mass is 16.6. The van der Waals surface area contributed by atoms with Crippen molar-refractivity contribution in [2.24, 2.45) is 11.3 Å². The zero-order valence-corrected chi connectivity index (χ0v) is 15.9. The Balaban J connectivity index is 2.60. The van der Waals surface area contributed by atoms with Crippen LogP contribution in [-0.4, -0.2) is 35.7 Å². The van der Waals surface area contributed by atoms with E-state index in [0.29, 0.717) is 5.57 Å². The van der Waals surface area contributed by atoms with E-state index in [2.05, 4.69) is 0 Å². The van der Waals surface area contributed by atoms with Gasteiger partial charge in [0.15, 0.2) is 0 Å². The second kappa shape index (κ2) is 7.58. The predicted octanol–water partition coefficient (Wildman–Crippen LogP) is 2.62. The van der Waals surface area contributed by atoms with E-state index in [1.165, 1.54) is 13.0 Å². The van der Waals surface area contributed by atoms with Gasteiger partial charge in [0.25, 0.3) is 0 Å². The van der Waals surface area contributed by atoms with Gasteiger partial charge in [-0.15, -0.1) is 0 Å². The molecule has 6 heteroatoms. The number of hydrogen-bond acceptors (Lipinski definition) is 6. The molecule has 0 radical (unpaired) electrons. The first kappa shape index (κ1) is 20.1. The topological polar surface area (TPSA) is 89.9 Å². The van der Waals surface area contributed by atoms with Crippen molar-refractivity contribution in [1.29, 1.82) is 0 Å². The molecule has 1 N–H and O–H groups in total. The van der Waals surface area contributed by atoms with Crippen molar-refractivity contribution >= 4 is 18.2 Å². The molecule has 0 aromatic carbocycles. The van der Waals surface area contributed by atoms with E-state index in [9.17, 15) is 19.5 Å². The number of cyclic esters (lactones) is 1. The Morgan fingerprint density at radius 3 is 2.62 bits per heavy atom. The summed E-state index contributed by atoms with van der Waals surface area (Å²) in [5.74, 6) is -1.26. The Labute approximate surface area is 153 Å². The number of aliphatic hydroxyl groups is 1. The van der Waals surface area contributed by atoms with Crippen LogP contribution in [0.1, 0.15) is 47.5 Å². The van der Waals surface area contributed by atoms with Gasteiger partial charge >= 0.3 is 11.9 Å². The third-order valence-corrected chi connectivity index (χ3v) is 5.43. The van der Waals surface area contributed by atoms with E-state index in [1.54, 1.807) is 13.8 Å². The predicted molar refractivity (Wildman–Crippen MR) is 94.8 cm³/mol. The summed E-state index contributed by atoms with van der Waals surface area (Å²) >= 11 is 0. The molecule has 0 saturated carbocycles. The van der Waals surface area contributed by atoms with Crippen LogP contribution in [0, 0.1) is 11.3 Å². The molecule has 4 atom stereocenters. The Kier molecular flexibility index (Phi) is 5.86. The molecule has 2 aliphatic rings. The van der Waals surface area contributed by atoms with Gasteiger partial charge < -0.3 is 14.6 Å². The molecule has 1 aliphatic carbocycles. The van der Waals surface area contributed by atoms with Crippen molar-refractivity contribution in [2.45, 2.75) is 59.9 Å². The molecule has 142 valence electrons. The molecule has 0 spiro atoms. The smallest absolute Gasteiger partial charge is 0.336 e. The van der Waals surface area contributed by atoms with Crippen molar-refractivity contribution in [2.75, 3.05) is 0 Å². The van der Waals surface area contributed by atoms with Crippen molar-refractivity contribution in [3.05, 3.63) is 34.4 Å². The molecule has 0 saturated heterocycles. The molecule has 0 aromatic rings. The Morgan fingerprint density at radius 2 is 2.12 bits per heavy atom. The highest BCUT2D eigenvalue weighted by Gasteiger charge is 2.51. The highest BCUT2D eigenvalue weighted by Crippen LogP contribution is 2.49. The lowest BCUT2D eigenvalue weighted by molar-refractivity contribution is -0.157. The van der Waals surface area contributed by atoms with Crippen molar-refractivity contribution in [3.8, 4) is 0 Å². The molecule has 2 rings (SSSR count). The van der Waals surface area contributed by atoms with Crippen LogP contribution in [0.15, 0.2) is 34.4 Å². The van der Waals surface area contributed by atoms with Crippen LogP contribution in [-0.2, 0) is 23.9 Å². The number of allylic oxidation sites excluding steroid dienone is 2. The largest absolute Gasteiger partial charge is 0.453 e. The van der Waals surface area contributed by atoms with Crippen LogP contribution in [0.5, 0.6) is 0 Å². The van der Waals surface area contributed by atoms with Crippen LogP contribution in [0.4, 0.5) is 0 Å². The lowest BCUT2D eigenvalue weighted by Crippen LogP contribution is -2.47. The number of carbonyl (C=O) groups is 3. The second-order valence-corrected chi connectivity index (χ2v) is 7.42. The van der Waals surface area contributed by atoms with E-state index in [0.717, 1.165) is 24.7 Å². The minimum absolute atomic E-state index is 0.0135. The third-order valence-electron chi connectivity index (χ3n) is 5.43. The zero-order valence-electron chi connectivity index (χ0n) is 15.9. The maximum absolute atomic E-state index is 12.4. The molecule has 6 nitrogen and oxygen atoms in total. The molecule has 0 unspecified atom stereocenters. The van der Waals surface area contributed by atoms with Crippen LogP contribution in [0.2, 0.25) is 0 Å². The van der Waals surface area contributed by atoms with Crippen molar-refractivity contribution < 1.29 is 29.0 Å². The van der Waals surface area contributed by atoms with Gasteiger partial charge in [-0.2, -0.15) is 0 Å². The lowest BCUT2D eigenvalue weighted by atomic mass is 9.62. The number of ether oxygens (including phenoxy) is 2. The van der Waals surface area contributed by atoms with Crippen molar-refractivity contribution in [1.82, 2.24) is 0 Å². The summed E-state index contributed by atoms with van der Waals surface area (Å²) in [6, 6.07) is 0. The van der Waals surface area contributed by atoms with Gasteiger partial charge in [-0.1, -0.05) is 25.5 Å². The number of aldehydes is 1. The first-order valence-corrected chi connectivity index (χ1v) is 8.74. The third kappa shape index (κ3) is 3.51. The van der Waals surface area contributed by atoms with E-state index < -0.39 is 29.7 Å². The van der Waals surface area contributed by atoms with Crippen LogP contribution in [0.3, 0.4) is 0 Å². The van der Waals surface area contributed by atoms with Crippen LogP contribution >= 0.6 is 0 Å². The lowest BCUT2D eigenvalue weighted by Gasteiger charge is -2.45. The molecule has 26 heavy (non-hydrogen) atoms. The number of carbonyl (C=O) groups excluding carboxylic acids is 3. The number of aliphatic hydroxyl groups excluding tert-OH is 1. The summed E-state index contributed by atoms with van der Waals surface area (Å²) in [6.07, 6.45) is 2.99. The molecular weight excluding hydrogens is 336 g/mol. The summed E-state index contributed by atoms with van der Waals surface area (Å²) in [5.41, 5.74) is 0.785. The van der Waals surface area contributed by atoms with E-state index >= 15 is 0 Å². The minimum Gasteiger partial charge on any atom is -0.453 e. The quantitative estimate of drug-likeness (QED) is 0.459. The van der Waals surface area contributed by atoms with Gasteiger partial charge in [0.05, 0.1) is 0 Å². The van der Waals surface area contributed by atoms with Gasteiger partial charge in [0, 0.05) is 22.6 Å². The average Bonchev–Trinajstić information content (AvgIpc) is 2.80. The van der Waals surface area contributed by atoms with Gasteiger partial charge in [-0.25, -0.2) is 9.59 Å². The second-order valence-electron chi connectivity index (χ2n) is 7.42. The van der Waals surface area contributed by atoms with Gasteiger partial charge in [0.1, 0.15) is 12.4 Å². The standard InChI is InChI=1S/C20H26O6/c1-11(2)9-15(22)25-17(16-13(4)18(23)26-19(16)24)20(5)12(3)7-6-8-14(20)10-21/h8-10,12,17,19,24H,6-7H2,1-5H3/t12-,17+,19+,20+/m0/s1. The SMILES string of the molecule is CC(C)=CC(=O)O[C@H](C1=C(C)C(=O)O[C@H]1O)[C@@]1(C)C(C=O)=CCC[C@@H]1C. The summed E-state index contributed by atoms with van der Waals surface area (Å²) in [7, 11) is 0. The zero-order chi connectivity index (χ0) is 19.6. The molecule has 0 bridgehead atoms. The fourth-order valence-electron chi connectivity index (χ4n) is 3.66. The number of hydrogen-bond donors (Lipinski definition) is 1. The Hall–Kier alpha value is -2.21. The maximum atomic E-state index is 12.4. The minimum atomic E-state index is -1.49. The summed E-state index contributed by atoms with van der Waals surface area (Å²) in [6.45, 7) is 8.85. The number of esters is 2. The summed E-state index contributed by atoms with van der Waals surface area (Å²) in [4.78, 5) is 36.0. The fourth-order valence-corrected chi connectivity index (χ4v) is 3.66. The summed E-state index contributed by atoms with van der Waals surface area (Å²) in [5, 5.41) is 10.3. The molecule has 0 fully saturated rings. The molecule has 0 aromatic heterocycles. The Morgan fingerprint density at radius 1 is 1.46 bits per heavy atom. The monoisotopic (exact) mass is 362 g/mol. The molecule has 1 aliphatic heterocycles. The van der Waals surface area contributed by atoms with Gasteiger partial charge in [0.2, 0.25) is 6.29 Å². The maximum Gasteiger partial charge on any atom is 0.336 e. The van der Waals surface area contributed by atoms with Gasteiger partial charge in [-0.3, -0.25) is 4.79 Å². The normalized spacial score (nSPS) is 29.6. The molecule has 1 heterocycles. The first-order valence-electron chi connectivity index (χ1n) is 8.74. The van der Waals surface area contributed by atoms with Crippen LogP contribution < -0.4 is 0 Å². The molecular formula is C20H26O6. The average molecular weight is 362 g/mol.